The molecule has 0 saturated carbocycles. The van der Waals surface area contributed by atoms with Gasteiger partial charge in [0.1, 0.15) is 13.2 Å². The van der Waals surface area contributed by atoms with Crippen LogP contribution >= 0.6 is 0 Å². The zero-order valence-corrected chi connectivity index (χ0v) is 20.0. The van der Waals surface area contributed by atoms with Gasteiger partial charge in [0.05, 0.1) is 5.52 Å². The summed E-state index contributed by atoms with van der Waals surface area (Å²) in [7, 11) is 3.94. The number of aromatic nitrogens is 1. The highest BCUT2D eigenvalue weighted by Crippen LogP contribution is 2.33. The van der Waals surface area contributed by atoms with Gasteiger partial charge in [-0.2, -0.15) is 0 Å². The summed E-state index contributed by atoms with van der Waals surface area (Å²) < 4.78 is 11.9. The van der Waals surface area contributed by atoms with Crippen molar-refractivity contribution in [3.05, 3.63) is 63.5 Å². The lowest BCUT2D eigenvalue weighted by molar-refractivity contribution is 0.306. The van der Waals surface area contributed by atoms with Crippen LogP contribution in [0.4, 0.5) is 5.69 Å². The molecule has 0 aliphatic carbocycles. The number of H-pyrrole nitrogens is 1. The first-order chi connectivity index (χ1) is 14.7. The van der Waals surface area contributed by atoms with Gasteiger partial charge in [-0.3, -0.25) is 4.79 Å². The van der Waals surface area contributed by atoms with Crippen LogP contribution in [0.3, 0.4) is 0 Å². The van der Waals surface area contributed by atoms with E-state index in [1.54, 1.807) is 0 Å². The van der Waals surface area contributed by atoms with Crippen LogP contribution in [-0.2, 0) is 0 Å². The SMILES string of the molecule is CC(C)=CCCC(C)=CCOc1c(OCC=C(C)C)c2ccc(N(C)C)cc2[nH]c1=O. The Morgan fingerprint density at radius 1 is 0.935 bits per heavy atom. The van der Waals surface area contributed by atoms with E-state index in [1.165, 1.54) is 11.1 Å². The maximum Gasteiger partial charge on any atom is 0.294 e. The summed E-state index contributed by atoms with van der Waals surface area (Å²) in [6.45, 7) is 11.0. The fraction of sp³-hybridized carbons (Fsp3) is 0.423. The first-order valence-electron chi connectivity index (χ1n) is 10.7. The Bertz CT molecular complexity index is 1030. The standard InChI is InChI=1S/C26H36N2O3/c1-18(2)9-8-10-20(5)14-16-31-25-24(30-15-13-19(3)4)22-12-11-21(28(6)7)17-23(22)27-26(25)29/h9,11-14,17H,8,10,15-16H2,1-7H3,(H,27,29). The normalized spacial score (nSPS) is 11.3. The van der Waals surface area contributed by atoms with Gasteiger partial charge in [0.25, 0.3) is 5.56 Å². The summed E-state index contributed by atoms with van der Waals surface area (Å²) in [6.07, 6.45) is 8.21. The molecule has 5 heteroatoms. The van der Waals surface area contributed by atoms with Crippen molar-refractivity contribution in [1.82, 2.24) is 4.98 Å². The molecule has 1 N–H and O–H groups in total. The van der Waals surface area contributed by atoms with Gasteiger partial charge in [-0.25, -0.2) is 0 Å². The average molecular weight is 425 g/mol. The number of benzene rings is 1. The third-order valence-corrected chi connectivity index (χ3v) is 4.89. The fourth-order valence-electron chi connectivity index (χ4n) is 3.04. The third kappa shape index (κ3) is 7.35. The lowest BCUT2D eigenvalue weighted by atomic mass is 10.1. The maximum absolute atomic E-state index is 12.8. The number of nitrogens with one attached hydrogen (secondary N) is 1. The summed E-state index contributed by atoms with van der Waals surface area (Å²) in [6, 6.07) is 5.92. The molecule has 0 atom stereocenters. The molecule has 31 heavy (non-hydrogen) atoms. The summed E-state index contributed by atoms with van der Waals surface area (Å²) in [5, 5.41) is 0.826. The van der Waals surface area contributed by atoms with Crippen LogP contribution in [0.2, 0.25) is 0 Å². The lowest BCUT2D eigenvalue weighted by Gasteiger charge is -2.16. The van der Waals surface area contributed by atoms with E-state index in [1.807, 2.05) is 63.2 Å². The van der Waals surface area contributed by atoms with Gasteiger partial charge in [0, 0.05) is 25.2 Å². The molecular formula is C26H36N2O3. The van der Waals surface area contributed by atoms with Crippen LogP contribution in [0, 0.1) is 0 Å². The van der Waals surface area contributed by atoms with E-state index in [2.05, 4.69) is 31.8 Å². The molecule has 1 heterocycles. The van der Waals surface area contributed by atoms with Gasteiger partial charge >= 0.3 is 0 Å². The summed E-state index contributed by atoms with van der Waals surface area (Å²) in [5.41, 5.74) is 5.15. The third-order valence-electron chi connectivity index (χ3n) is 4.89. The highest BCUT2D eigenvalue weighted by atomic mass is 16.5. The van der Waals surface area contributed by atoms with Gasteiger partial charge in [-0.05, 0) is 77.8 Å². The smallest absolute Gasteiger partial charge is 0.294 e. The molecule has 0 aliphatic heterocycles. The number of nitrogens with zero attached hydrogens (tertiary/aromatic N) is 1. The molecule has 1 aromatic carbocycles. The molecule has 0 unspecified atom stereocenters. The van der Waals surface area contributed by atoms with Gasteiger partial charge in [0.2, 0.25) is 5.75 Å². The number of pyridine rings is 1. The Labute approximate surface area is 186 Å². The van der Waals surface area contributed by atoms with Crippen LogP contribution in [0.25, 0.3) is 10.9 Å². The molecule has 0 saturated heterocycles. The van der Waals surface area contributed by atoms with Crippen LogP contribution < -0.4 is 19.9 Å². The quantitative estimate of drug-likeness (QED) is 0.475. The van der Waals surface area contributed by atoms with Crippen molar-refractivity contribution in [3.8, 4) is 11.5 Å². The number of rotatable bonds is 10. The minimum atomic E-state index is -0.286. The second-order valence-corrected chi connectivity index (χ2v) is 8.51. The van der Waals surface area contributed by atoms with Crippen molar-refractivity contribution in [1.29, 1.82) is 0 Å². The highest BCUT2D eigenvalue weighted by Gasteiger charge is 2.16. The number of fused-ring (bicyclic) bond motifs is 1. The summed E-state index contributed by atoms with van der Waals surface area (Å²) >= 11 is 0. The Balaban J connectivity index is 2.33. The zero-order valence-electron chi connectivity index (χ0n) is 20.0. The van der Waals surface area contributed by atoms with Crippen LogP contribution in [0.15, 0.2) is 57.9 Å². The predicted octanol–water partition coefficient (Wildman–Crippen LogP) is 6.01. The molecule has 0 spiro atoms. The summed E-state index contributed by atoms with van der Waals surface area (Å²) in [4.78, 5) is 17.8. The molecule has 2 rings (SSSR count). The Morgan fingerprint density at radius 2 is 1.58 bits per heavy atom. The minimum absolute atomic E-state index is 0.223. The number of ether oxygens (including phenoxy) is 2. The van der Waals surface area contributed by atoms with E-state index in [0.717, 1.165) is 35.0 Å². The lowest BCUT2D eigenvalue weighted by Crippen LogP contribution is -2.15. The molecular weight excluding hydrogens is 388 g/mol. The second-order valence-electron chi connectivity index (χ2n) is 8.51. The first-order valence-corrected chi connectivity index (χ1v) is 10.7. The molecule has 2 aromatic rings. The number of allylic oxidation sites excluding steroid dienone is 4. The molecule has 0 radical (unpaired) electrons. The topological polar surface area (TPSA) is 54.6 Å². The maximum atomic E-state index is 12.8. The molecule has 0 fully saturated rings. The molecule has 0 bridgehead atoms. The summed E-state index contributed by atoms with van der Waals surface area (Å²) in [5.74, 6) is 0.706. The van der Waals surface area contributed by atoms with Crippen molar-refractivity contribution < 1.29 is 9.47 Å². The van der Waals surface area contributed by atoms with Crippen molar-refractivity contribution >= 4 is 16.6 Å². The van der Waals surface area contributed by atoms with Crippen LogP contribution in [-0.4, -0.2) is 32.3 Å². The van der Waals surface area contributed by atoms with Gasteiger partial charge in [0.15, 0.2) is 5.75 Å². The minimum Gasteiger partial charge on any atom is -0.485 e. The van der Waals surface area contributed by atoms with Gasteiger partial charge in [-0.15, -0.1) is 0 Å². The van der Waals surface area contributed by atoms with Crippen molar-refractivity contribution in [2.24, 2.45) is 0 Å². The number of hydrogen-bond acceptors (Lipinski definition) is 4. The average Bonchev–Trinajstić information content (AvgIpc) is 2.68. The largest absolute Gasteiger partial charge is 0.485 e. The first kappa shape index (κ1) is 24.3. The molecule has 0 aliphatic rings. The van der Waals surface area contributed by atoms with Crippen molar-refractivity contribution in [2.75, 3.05) is 32.2 Å². The molecule has 1 aromatic heterocycles. The molecule has 5 nitrogen and oxygen atoms in total. The van der Waals surface area contributed by atoms with E-state index in [0.29, 0.717) is 19.0 Å². The van der Waals surface area contributed by atoms with Crippen LogP contribution in [0.1, 0.15) is 47.5 Å². The Morgan fingerprint density at radius 3 is 2.23 bits per heavy atom. The Kier molecular flexibility index (Phi) is 8.98. The predicted molar refractivity (Wildman–Crippen MR) is 132 cm³/mol. The monoisotopic (exact) mass is 424 g/mol. The fourth-order valence-corrected chi connectivity index (χ4v) is 3.04. The molecule has 0 amide bonds. The van der Waals surface area contributed by atoms with Crippen LogP contribution in [0.5, 0.6) is 11.5 Å². The van der Waals surface area contributed by atoms with E-state index < -0.39 is 0 Å². The second kappa shape index (κ2) is 11.4. The Hall–Kier alpha value is -2.95. The van der Waals surface area contributed by atoms with Crippen molar-refractivity contribution in [2.45, 2.75) is 47.5 Å². The van der Waals surface area contributed by atoms with E-state index in [4.69, 9.17) is 9.47 Å². The van der Waals surface area contributed by atoms with E-state index >= 15 is 0 Å². The highest BCUT2D eigenvalue weighted by molar-refractivity contribution is 5.89. The zero-order chi connectivity index (χ0) is 23.0. The van der Waals surface area contributed by atoms with Gasteiger partial charge in [-0.1, -0.05) is 22.8 Å². The number of aromatic amines is 1. The van der Waals surface area contributed by atoms with E-state index in [-0.39, 0.29) is 11.3 Å². The van der Waals surface area contributed by atoms with Crippen molar-refractivity contribution in [3.63, 3.8) is 0 Å². The number of hydrogen-bond donors (Lipinski definition) is 1. The van der Waals surface area contributed by atoms with E-state index in [9.17, 15) is 4.79 Å². The number of anilines is 1. The van der Waals surface area contributed by atoms with Gasteiger partial charge < -0.3 is 19.4 Å². The molecule has 168 valence electrons.